The molecule has 5 nitrogen and oxygen atoms in total. The summed E-state index contributed by atoms with van der Waals surface area (Å²) in [5.41, 5.74) is 1.15. The van der Waals surface area contributed by atoms with Gasteiger partial charge < -0.3 is 15.7 Å². The average molecular weight is 251 g/mol. The highest BCUT2D eigenvalue weighted by Crippen LogP contribution is 2.10. The first kappa shape index (κ1) is 14.4. The zero-order valence-corrected chi connectivity index (χ0v) is 11.1. The average Bonchev–Trinajstić information content (AvgIpc) is 2.35. The third-order valence-electron chi connectivity index (χ3n) is 2.50. The normalized spacial score (nSPS) is 12.3. The fraction of sp³-hybridized carbons (Fsp3) is 0.538. The molecule has 1 unspecified atom stereocenters. The van der Waals surface area contributed by atoms with Crippen LogP contribution in [0.1, 0.15) is 30.8 Å². The number of aliphatic hydroxyl groups excluding tert-OH is 1. The second-order valence-electron chi connectivity index (χ2n) is 4.67. The minimum atomic E-state index is -0.387. The molecule has 1 aromatic rings. The van der Waals surface area contributed by atoms with E-state index in [0.29, 0.717) is 18.2 Å². The maximum Gasteiger partial charge on any atom is 0.269 e. The van der Waals surface area contributed by atoms with E-state index in [-0.39, 0.29) is 12.0 Å². The van der Waals surface area contributed by atoms with Gasteiger partial charge in [-0.1, -0.05) is 13.8 Å². The zero-order valence-electron chi connectivity index (χ0n) is 11.1. The Hall–Kier alpha value is -1.62. The summed E-state index contributed by atoms with van der Waals surface area (Å²) < 4.78 is 0. The number of aromatic nitrogens is 1. The van der Waals surface area contributed by atoms with Crippen molar-refractivity contribution in [2.75, 3.05) is 18.9 Å². The third kappa shape index (κ3) is 4.71. The van der Waals surface area contributed by atoms with Gasteiger partial charge in [-0.2, -0.15) is 0 Å². The van der Waals surface area contributed by atoms with Crippen molar-refractivity contribution in [2.45, 2.75) is 26.4 Å². The van der Waals surface area contributed by atoms with Crippen LogP contribution in [0.4, 0.5) is 5.69 Å². The van der Waals surface area contributed by atoms with Crippen molar-refractivity contribution in [3.63, 3.8) is 0 Å². The molecule has 100 valence electrons. The summed E-state index contributed by atoms with van der Waals surface area (Å²) in [6, 6.07) is 3.44. The lowest BCUT2D eigenvalue weighted by molar-refractivity contribution is 0.0958. The Balaban J connectivity index is 2.55. The van der Waals surface area contributed by atoms with Gasteiger partial charge in [0.05, 0.1) is 6.10 Å². The summed E-state index contributed by atoms with van der Waals surface area (Å²) in [5.74, 6) is 0.238. The van der Waals surface area contributed by atoms with E-state index < -0.39 is 0 Å². The Morgan fingerprint density at radius 1 is 1.50 bits per heavy atom. The fourth-order valence-electron chi connectivity index (χ4n) is 1.66. The predicted molar refractivity (Wildman–Crippen MR) is 71.6 cm³/mol. The van der Waals surface area contributed by atoms with E-state index >= 15 is 0 Å². The number of rotatable bonds is 6. The Labute approximate surface area is 108 Å². The largest absolute Gasteiger partial charge is 0.391 e. The van der Waals surface area contributed by atoms with Crippen LogP contribution >= 0.6 is 0 Å². The number of carbonyl (C=O) groups is 1. The molecule has 1 atom stereocenters. The molecule has 1 aromatic heterocycles. The van der Waals surface area contributed by atoms with Gasteiger partial charge in [-0.3, -0.25) is 9.78 Å². The van der Waals surface area contributed by atoms with Gasteiger partial charge in [0.1, 0.15) is 5.69 Å². The van der Waals surface area contributed by atoms with Crippen LogP contribution in [0, 0.1) is 5.92 Å². The lowest BCUT2D eigenvalue weighted by Gasteiger charge is -2.14. The molecule has 0 aliphatic carbocycles. The van der Waals surface area contributed by atoms with Crippen LogP contribution in [0.15, 0.2) is 18.3 Å². The topological polar surface area (TPSA) is 74.2 Å². The Morgan fingerprint density at radius 2 is 2.22 bits per heavy atom. The quantitative estimate of drug-likeness (QED) is 0.711. The van der Waals surface area contributed by atoms with Crippen LogP contribution in [0.5, 0.6) is 0 Å². The van der Waals surface area contributed by atoms with Crippen molar-refractivity contribution in [1.82, 2.24) is 10.3 Å². The van der Waals surface area contributed by atoms with Crippen molar-refractivity contribution < 1.29 is 9.90 Å². The van der Waals surface area contributed by atoms with Crippen molar-refractivity contribution in [2.24, 2.45) is 5.92 Å². The summed E-state index contributed by atoms with van der Waals surface area (Å²) in [6.07, 6.45) is 1.93. The van der Waals surface area contributed by atoms with Crippen molar-refractivity contribution in [3.05, 3.63) is 24.0 Å². The molecule has 1 amide bonds. The second-order valence-corrected chi connectivity index (χ2v) is 4.67. The number of nitrogens with one attached hydrogen (secondary N) is 2. The van der Waals surface area contributed by atoms with Gasteiger partial charge in [0.2, 0.25) is 0 Å². The Bertz CT molecular complexity index is 394. The lowest BCUT2D eigenvalue weighted by atomic mass is 10.1. The van der Waals surface area contributed by atoms with Gasteiger partial charge >= 0.3 is 0 Å². The minimum Gasteiger partial charge on any atom is -0.391 e. The summed E-state index contributed by atoms with van der Waals surface area (Å²) in [5, 5.41) is 15.4. The van der Waals surface area contributed by atoms with E-state index in [0.717, 1.165) is 12.1 Å². The number of carbonyl (C=O) groups excluding carboxylic acids is 1. The van der Waals surface area contributed by atoms with Crippen molar-refractivity contribution in [1.29, 1.82) is 0 Å². The molecule has 1 heterocycles. The standard InChI is InChI=1S/C13H21N3O2/c1-9(2)6-11(17)8-16-10-4-5-15-12(7-10)13(18)14-3/h4-5,7,9,11,17H,6,8H2,1-3H3,(H,14,18)(H,15,16). The first-order valence-electron chi connectivity index (χ1n) is 6.13. The minimum absolute atomic E-state index is 0.221. The summed E-state index contributed by atoms with van der Waals surface area (Å²) in [4.78, 5) is 15.4. The van der Waals surface area contributed by atoms with Crippen LogP contribution in [0.2, 0.25) is 0 Å². The Kier molecular flexibility index (Phi) is 5.58. The zero-order chi connectivity index (χ0) is 13.5. The van der Waals surface area contributed by atoms with E-state index in [4.69, 9.17) is 0 Å². The first-order chi connectivity index (χ1) is 8.52. The molecule has 0 bridgehead atoms. The molecular weight excluding hydrogens is 230 g/mol. The highest BCUT2D eigenvalue weighted by Gasteiger charge is 2.08. The van der Waals surface area contributed by atoms with Gasteiger partial charge in [0, 0.05) is 25.5 Å². The predicted octanol–water partition coefficient (Wildman–Crippen LogP) is 1.26. The molecule has 1 rings (SSSR count). The number of hydrogen-bond acceptors (Lipinski definition) is 4. The number of aliphatic hydroxyl groups is 1. The maximum absolute atomic E-state index is 11.4. The third-order valence-corrected chi connectivity index (χ3v) is 2.50. The SMILES string of the molecule is CNC(=O)c1cc(NCC(O)CC(C)C)ccn1. The smallest absolute Gasteiger partial charge is 0.269 e. The molecule has 0 saturated carbocycles. The van der Waals surface area contributed by atoms with E-state index in [1.165, 1.54) is 0 Å². The monoisotopic (exact) mass is 251 g/mol. The fourth-order valence-corrected chi connectivity index (χ4v) is 1.66. The van der Waals surface area contributed by atoms with Crippen molar-refractivity contribution >= 4 is 11.6 Å². The van der Waals surface area contributed by atoms with Crippen LogP contribution in [0.25, 0.3) is 0 Å². The van der Waals surface area contributed by atoms with Crippen LogP contribution < -0.4 is 10.6 Å². The molecule has 0 spiro atoms. The molecule has 0 fully saturated rings. The van der Waals surface area contributed by atoms with E-state index in [2.05, 4.69) is 29.5 Å². The number of anilines is 1. The van der Waals surface area contributed by atoms with Crippen LogP contribution in [0.3, 0.4) is 0 Å². The van der Waals surface area contributed by atoms with Gasteiger partial charge in [-0.25, -0.2) is 0 Å². The summed E-state index contributed by atoms with van der Waals surface area (Å²) in [6.45, 7) is 4.61. The lowest BCUT2D eigenvalue weighted by Crippen LogP contribution is -2.22. The van der Waals surface area contributed by atoms with Gasteiger partial charge in [0.25, 0.3) is 5.91 Å². The van der Waals surface area contributed by atoms with Crippen molar-refractivity contribution in [3.8, 4) is 0 Å². The van der Waals surface area contributed by atoms with Crippen LogP contribution in [-0.4, -0.2) is 35.7 Å². The molecule has 3 N–H and O–H groups in total. The van der Waals surface area contributed by atoms with Gasteiger partial charge in [0.15, 0.2) is 0 Å². The van der Waals surface area contributed by atoms with Crippen LogP contribution in [-0.2, 0) is 0 Å². The second kappa shape index (κ2) is 6.96. The highest BCUT2D eigenvalue weighted by molar-refractivity contribution is 5.92. The van der Waals surface area contributed by atoms with E-state index in [9.17, 15) is 9.90 Å². The molecule has 5 heteroatoms. The Morgan fingerprint density at radius 3 is 2.83 bits per heavy atom. The molecular formula is C13H21N3O2. The molecule has 18 heavy (non-hydrogen) atoms. The number of amides is 1. The summed E-state index contributed by atoms with van der Waals surface area (Å²) >= 11 is 0. The number of nitrogens with zero attached hydrogens (tertiary/aromatic N) is 1. The molecule has 0 aliphatic heterocycles. The van der Waals surface area contributed by atoms with E-state index in [1.807, 2.05) is 0 Å². The number of pyridine rings is 1. The molecule has 0 aliphatic rings. The van der Waals surface area contributed by atoms with E-state index in [1.54, 1.807) is 25.4 Å². The number of hydrogen-bond donors (Lipinski definition) is 3. The van der Waals surface area contributed by atoms with Gasteiger partial charge in [-0.05, 0) is 24.5 Å². The van der Waals surface area contributed by atoms with Gasteiger partial charge in [-0.15, -0.1) is 0 Å². The first-order valence-corrected chi connectivity index (χ1v) is 6.13. The molecule has 0 aromatic carbocycles. The molecule has 0 saturated heterocycles. The maximum atomic E-state index is 11.4. The summed E-state index contributed by atoms with van der Waals surface area (Å²) in [7, 11) is 1.57. The highest BCUT2D eigenvalue weighted by atomic mass is 16.3. The molecule has 0 radical (unpaired) electrons.